The van der Waals surface area contributed by atoms with E-state index < -0.39 is 0 Å². The Bertz CT molecular complexity index is 467. The number of rotatable bonds is 4. The second kappa shape index (κ2) is 5.78. The number of para-hydroxylation sites is 1. The van der Waals surface area contributed by atoms with E-state index in [-0.39, 0.29) is 0 Å². The highest BCUT2D eigenvalue weighted by Gasteiger charge is 2.06. The van der Waals surface area contributed by atoms with E-state index in [0.717, 1.165) is 0 Å². The summed E-state index contributed by atoms with van der Waals surface area (Å²) in [5, 5.41) is 3.56. The van der Waals surface area contributed by atoms with Crippen LogP contribution in [0.2, 0.25) is 0 Å². The van der Waals surface area contributed by atoms with Crippen LogP contribution in [0.5, 0.6) is 0 Å². The third kappa shape index (κ3) is 3.04. The minimum atomic E-state index is 0.324. The molecule has 0 heterocycles. The predicted molar refractivity (Wildman–Crippen MR) is 76.7 cm³/mol. The summed E-state index contributed by atoms with van der Waals surface area (Å²) in [7, 11) is 0. The molecule has 2 aromatic carbocycles. The molecule has 17 heavy (non-hydrogen) atoms. The molecule has 1 unspecified atom stereocenters. The van der Waals surface area contributed by atoms with Gasteiger partial charge < -0.3 is 5.32 Å². The maximum Gasteiger partial charge on any atom is 0.0486 e. The number of nitrogens with one attached hydrogen (secondary N) is 1. The SMILES string of the molecule is CSc1ccccc1NC(C)c1ccccc1. The highest BCUT2D eigenvalue weighted by Crippen LogP contribution is 2.28. The molecule has 0 aliphatic heterocycles. The predicted octanol–water partition coefficient (Wildman–Crippen LogP) is 4.58. The Labute approximate surface area is 107 Å². The Morgan fingerprint density at radius 1 is 0.941 bits per heavy atom. The van der Waals surface area contributed by atoms with Crippen LogP contribution in [0.25, 0.3) is 0 Å². The van der Waals surface area contributed by atoms with Crippen molar-refractivity contribution in [2.75, 3.05) is 11.6 Å². The monoisotopic (exact) mass is 243 g/mol. The van der Waals surface area contributed by atoms with Gasteiger partial charge in [0.15, 0.2) is 0 Å². The molecule has 2 heteroatoms. The van der Waals surface area contributed by atoms with Crippen molar-refractivity contribution in [3.63, 3.8) is 0 Å². The normalized spacial score (nSPS) is 12.1. The van der Waals surface area contributed by atoms with Crippen LogP contribution in [0.1, 0.15) is 18.5 Å². The van der Waals surface area contributed by atoms with Gasteiger partial charge in [-0.1, -0.05) is 42.5 Å². The fraction of sp³-hybridized carbons (Fsp3) is 0.200. The molecule has 1 N–H and O–H groups in total. The summed E-state index contributed by atoms with van der Waals surface area (Å²) < 4.78 is 0. The van der Waals surface area contributed by atoms with Gasteiger partial charge in [0.25, 0.3) is 0 Å². The lowest BCUT2D eigenvalue weighted by atomic mass is 10.1. The quantitative estimate of drug-likeness (QED) is 0.789. The zero-order valence-corrected chi connectivity index (χ0v) is 11.0. The average Bonchev–Trinajstić information content (AvgIpc) is 2.40. The minimum Gasteiger partial charge on any atom is -0.378 e. The third-order valence-corrected chi connectivity index (χ3v) is 3.57. The van der Waals surface area contributed by atoms with E-state index in [2.05, 4.69) is 67.0 Å². The van der Waals surface area contributed by atoms with Crippen LogP contribution in [-0.2, 0) is 0 Å². The molecule has 0 fully saturated rings. The summed E-state index contributed by atoms with van der Waals surface area (Å²) in [6.07, 6.45) is 2.10. The lowest BCUT2D eigenvalue weighted by Gasteiger charge is -2.17. The maximum absolute atomic E-state index is 3.56. The van der Waals surface area contributed by atoms with Gasteiger partial charge in [-0.3, -0.25) is 0 Å². The van der Waals surface area contributed by atoms with Gasteiger partial charge in [-0.25, -0.2) is 0 Å². The van der Waals surface area contributed by atoms with Crippen molar-refractivity contribution in [2.24, 2.45) is 0 Å². The van der Waals surface area contributed by atoms with Crippen LogP contribution in [0.4, 0.5) is 5.69 Å². The first-order valence-corrected chi connectivity index (χ1v) is 6.98. The number of hydrogen-bond acceptors (Lipinski definition) is 2. The van der Waals surface area contributed by atoms with Gasteiger partial charge in [0.1, 0.15) is 0 Å². The summed E-state index contributed by atoms with van der Waals surface area (Å²) >= 11 is 1.77. The van der Waals surface area contributed by atoms with Crippen molar-refractivity contribution in [3.8, 4) is 0 Å². The summed E-state index contributed by atoms with van der Waals surface area (Å²) in [4.78, 5) is 1.29. The van der Waals surface area contributed by atoms with Gasteiger partial charge in [-0.2, -0.15) is 0 Å². The Hall–Kier alpha value is -1.41. The molecular weight excluding hydrogens is 226 g/mol. The van der Waals surface area contributed by atoms with Crippen LogP contribution in [0.15, 0.2) is 59.5 Å². The molecular formula is C15H17NS. The van der Waals surface area contributed by atoms with Crippen LogP contribution in [0.3, 0.4) is 0 Å². The molecule has 0 aliphatic rings. The van der Waals surface area contributed by atoms with Crippen molar-refractivity contribution in [3.05, 3.63) is 60.2 Å². The number of benzene rings is 2. The Morgan fingerprint density at radius 3 is 2.29 bits per heavy atom. The standard InChI is InChI=1S/C15H17NS/c1-12(13-8-4-3-5-9-13)16-14-10-6-7-11-15(14)17-2/h3-12,16H,1-2H3. The Morgan fingerprint density at radius 2 is 1.59 bits per heavy atom. The van der Waals surface area contributed by atoms with Gasteiger partial charge in [-0.15, -0.1) is 11.8 Å². The Balaban J connectivity index is 2.16. The van der Waals surface area contributed by atoms with Crippen molar-refractivity contribution in [2.45, 2.75) is 17.9 Å². The zero-order chi connectivity index (χ0) is 12.1. The molecule has 0 aliphatic carbocycles. The topological polar surface area (TPSA) is 12.0 Å². The van der Waals surface area contributed by atoms with Gasteiger partial charge in [-0.05, 0) is 30.9 Å². The van der Waals surface area contributed by atoms with E-state index in [1.165, 1.54) is 16.1 Å². The van der Waals surface area contributed by atoms with E-state index in [9.17, 15) is 0 Å². The van der Waals surface area contributed by atoms with Crippen LogP contribution < -0.4 is 5.32 Å². The molecule has 2 rings (SSSR count). The first kappa shape index (κ1) is 12.1. The largest absolute Gasteiger partial charge is 0.378 e. The van der Waals surface area contributed by atoms with Gasteiger partial charge in [0.2, 0.25) is 0 Å². The van der Waals surface area contributed by atoms with E-state index in [4.69, 9.17) is 0 Å². The third-order valence-electron chi connectivity index (χ3n) is 2.78. The molecule has 0 saturated carbocycles. The second-order valence-electron chi connectivity index (χ2n) is 3.98. The van der Waals surface area contributed by atoms with E-state index in [1.807, 2.05) is 6.07 Å². The molecule has 1 atom stereocenters. The highest BCUT2D eigenvalue weighted by atomic mass is 32.2. The van der Waals surface area contributed by atoms with Gasteiger partial charge in [0.05, 0.1) is 0 Å². The van der Waals surface area contributed by atoms with Gasteiger partial charge in [0, 0.05) is 16.6 Å². The molecule has 0 radical (unpaired) electrons. The van der Waals surface area contributed by atoms with E-state index in [0.29, 0.717) is 6.04 Å². The van der Waals surface area contributed by atoms with Crippen molar-refractivity contribution < 1.29 is 0 Å². The second-order valence-corrected chi connectivity index (χ2v) is 4.83. The summed E-state index contributed by atoms with van der Waals surface area (Å²) in [6, 6.07) is 19.2. The minimum absolute atomic E-state index is 0.324. The fourth-order valence-corrected chi connectivity index (χ4v) is 2.38. The lowest BCUT2D eigenvalue weighted by Crippen LogP contribution is -2.06. The fourth-order valence-electron chi connectivity index (χ4n) is 1.82. The van der Waals surface area contributed by atoms with Crippen LogP contribution in [-0.4, -0.2) is 6.26 Å². The van der Waals surface area contributed by atoms with Crippen LogP contribution in [0, 0.1) is 0 Å². The molecule has 0 aromatic heterocycles. The molecule has 1 nitrogen and oxygen atoms in total. The lowest BCUT2D eigenvalue weighted by molar-refractivity contribution is 0.879. The first-order chi connectivity index (χ1) is 8.31. The summed E-state index contributed by atoms with van der Waals surface area (Å²) in [5.74, 6) is 0. The van der Waals surface area contributed by atoms with Crippen molar-refractivity contribution in [1.29, 1.82) is 0 Å². The average molecular weight is 243 g/mol. The van der Waals surface area contributed by atoms with Gasteiger partial charge >= 0.3 is 0 Å². The summed E-state index contributed by atoms with van der Waals surface area (Å²) in [6.45, 7) is 2.19. The maximum atomic E-state index is 3.56. The molecule has 0 bridgehead atoms. The summed E-state index contributed by atoms with van der Waals surface area (Å²) in [5.41, 5.74) is 2.51. The number of anilines is 1. The number of thioether (sulfide) groups is 1. The molecule has 0 amide bonds. The Kier molecular flexibility index (Phi) is 4.10. The van der Waals surface area contributed by atoms with Crippen LogP contribution >= 0.6 is 11.8 Å². The van der Waals surface area contributed by atoms with Crippen molar-refractivity contribution in [1.82, 2.24) is 0 Å². The molecule has 0 saturated heterocycles. The van der Waals surface area contributed by atoms with E-state index >= 15 is 0 Å². The molecule has 2 aromatic rings. The number of hydrogen-bond donors (Lipinski definition) is 1. The zero-order valence-electron chi connectivity index (χ0n) is 10.2. The smallest absolute Gasteiger partial charge is 0.0486 e. The molecule has 0 spiro atoms. The first-order valence-electron chi connectivity index (χ1n) is 5.76. The molecule has 88 valence electrons. The van der Waals surface area contributed by atoms with E-state index in [1.54, 1.807) is 11.8 Å². The van der Waals surface area contributed by atoms with Crippen molar-refractivity contribution >= 4 is 17.4 Å². The highest BCUT2D eigenvalue weighted by molar-refractivity contribution is 7.98.